The van der Waals surface area contributed by atoms with Crippen LogP contribution in [0.3, 0.4) is 0 Å². The van der Waals surface area contributed by atoms with E-state index in [1.807, 2.05) is 18.2 Å². The first kappa shape index (κ1) is 13.4. The van der Waals surface area contributed by atoms with E-state index in [4.69, 9.17) is 10.5 Å². The van der Waals surface area contributed by atoms with E-state index in [0.29, 0.717) is 6.54 Å². The molecular formula is C15H24N2O. The average molecular weight is 248 g/mol. The highest BCUT2D eigenvalue weighted by Crippen LogP contribution is 2.23. The lowest BCUT2D eigenvalue weighted by molar-refractivity contribution is 0.193. The van der Waals surface area contributed by atoms with Crippen molar-refractivity contribution >= 4 is 0 Å². The van der Waals surface area contributed by atoms with Crippen LogP contribution in [0.5, 0.6) is 5.75 Å². The van der Waals surface area contributed by atoms with Gasteiger partial charge in [0.2, 0.25) is 0 Å². The van der Waals surface area contributed by atoms with Crippen molar-refractivity contribution in [3.05, 3.63) is 29.8 Å². The summed E-state index contributed by atoms with van der Waals surface area (Å²) in [6.07, 6.45) is 4.69. The number of hydrogen-bond acceptors (Lipinski definition) is 3. The Bertz CT molecular complexity index is 373. The number of nitrogens with two attached hydrogens (primary N) is 1. The Morgan fingerprint density at radius 1 is 1.33 bits per heavy atom. The van der Waals surface area contributed by atoms with E-state index >= 15 is 0 Å². The van der Waals surface area contributed by atoms with Crippen LogP contribution < -0.4 is 15.8 Å². The summed E-state index contributed by atoms with van der Waals surface area (Å²) in [5.41, 5.74) is 7.22. The van der Waals surface area contributed by atoms with Crippen molar-refractivity contribution in [2.24, 2.45) is 5.73 Å². The molecule has 0 aromatic heterocycles. The fourth-order valence-corrected chi connectivity index (χ4v) is 2.59. The van der Waals surface area contributed by atoms with Gasteiger partial charge in [-0.25, -0.2) is 0 Å². The van der Waals surface area contributed by atoms with E-state index in [0.717, 1.165) is 25.3 Å². The van der Waals surface area contributed by atoms with Crippen LogP contribution in [0.2, 0.25) is 0 Å². The zero-order chi connectivity index (χ0) is 12.8. The molecular weight excluding hydrogens is 224 g/mol. The Labute approximate surface area is 110 Å². The minimum absolute atomic E-state index is 0.0981. The molecule has 3 N–H and O–H groups in total. The van der Waals surface area contributed by atoms with Gasteiger partial charge in [0.05, 0.1) is 6.61 Å². The normalized spacial score (nSPS) is 23.9. The summed E-state index contributed by atoms with van der Waals surface area (Å²) in [6.45, 7) is 4.59. The zero-order valence-electron chi connectivity index (χ0n) is 11.2. The van der Waals surface area contributed by atoms with Gasteiger partial charge in [-0.2, -0.15) is 0 Å². The summed E-state index contributed by atoms with van der Waals surface area (Å²) >= 11 is 0. The van der Waals surface area contributed by atoms with E-state index in [2.05, 4.69) is 18.3 Å². The fraction of sp³-hybridized carbons (Fsp3) is 0.600. The molecule has 1 saturated heterocycles. The second kappa shape index (κ2) is 6.21. The average Bonchev–Trinajstić information content (AvgIpc) is 2.42. The van der Waals surface area contributed by atoms with Crippen LogP contribution in [-0.2, 0) is 0 Å². The molecule has 3 nitrogen and oxygen atoms in total. The van der Waals surface area contributed by atoms with Gasteiger partial charge in [0.1, 0.15) is 5.75 Å². The van der Waals surface area contributed by atoms with Crippen molar-refractivity contribution < 1.29 is 4.74 Å². The molecule has 1 fully saturated rings. The maximum Gasteiger partial charge on any atom is 0.122 e. The lowest BCUT2D eigenvalue weighted by Crippen LogP contribution is -2.54. The summed E-state index contributed by atoms with van der Waals surface area (Å²) in [7, 11) is 0. The van der Waals surface area contributed by atoms with Crippen LogP contribution in [-0.4, -0.2) is 25.2 Å². The molecule has 0 bridgehead atoms. The van der Waals surface area contributed by atoms with Gasteiger partial charge >= 0.3 is 0 Å². The highest BCUT2D eigenvalue weighted by molar-refractivity contribution is 5.31. The van der Waals surface area contributed by atoms with Crippen LogP contribution in [0, 0.1) is 6.92 Å². The third-order valence-electron chi connectivity index (χ3n) is 3.90. The van der Waals surface area contributed by atoms with Crippen molar-refractivity contribution in [3.8, 4) is 5.75 Å². The highest BCUT2D eigenvalue weighted by atomic mass is 16.5. The van der Waals surface area contributed by atoms with E-state index in [1.54, 1.807) is 0 Å². The summed E-state index contributed by atoms with van der Waals surface area (Å²) < 4.78 is 5.87. The van der Waals surface area contributed by atoms with Gasteiger partial charge in [-0.15, -0.1) is 0 Å². The molecule has 2 rings (SSSR count). The quantitative estimate of drug-likeness (QED) is 0.840. The molecule has 18 heavy (non-hydrogen) atoms. The van der Waals surface area contributed by atoms with Crippen molar-refractivity contribution in [2.75, 3.05) is 19.7 Å². The lowest BCUT2D eigenvalue weighted by Gasteiger charge is -2.37. The monoisotopic (exact) mass is 248 g/mol. The second-order valence-electron chi connectivity index (χ2n) is 5.23. The Hall–Kier alpha value is -1.06. The number of aryl methyl sites for hydroxylation is 1. The molecule has 1 unspecified atom stereocenters. The van der Waals surface area contributed by atoms with E-state index in [9.17, 15) is 0 Å². The van der Waals surface area contributed by atoms with Gasteiger partial charge in [-0.1, -0.05) is 24.6 Å². The lowest BCUT2D eigenvalue weighted by atomic mass is 9.86. The summed E-state index contributed by atoms with van der Waals surface area (Å²) in [6, 6.07) is 8.15. The van der Waals surface area contributed by atoms with Crippen LogP contribution >= 0.6 is 0 Å². The van der Waals surface area contributed by atoms with Crippen LogP contribution in [0.25, 0.3) is 0 Å². The number of para-hydroxylation sites is 1. The van der Waals surface area contributed by atoms with Crippen molar-refractivity contribution in [3.63, 3.8) is 0 Å². The van der Waals surface area contributed by atoms with E-state index in [1.165, 1.54) is 24.8 Å². The second-order valence-corrected chi connectivity index (χ2v) is 5.23. The molecule has 1 aromatic rings. The Balaban J connectivity index is 1.85. The SMILES string of the molecule is Cc1ccccc1OCCC1(CN)CCCCN1. The predicted octanol–water partition coefficient (Wildman–Crippen LogP) is 2.23. The molecule has 0 amide bonds. The number of nitrogens with one attached hydrogen (secondary N) is 1. The van der Waals surface area contributed by atoms with Gasteiger partial charge in [0.25, 0.3) is 0 Å². The highest BCUT2D eigenvalue weighted by Gasteiger charge is 2.29. The molecule has 1 aliphatic rings. The van der Waals surface area contributed by atoms with E-state index in [-0.39, 0.29) is 5.54 Å². The van der Waals surface area contributed by atoms with Gasteiger partial charge in [0.15, 0.2) is 0 Å². The minimum atomic E-state index is 0.0981. The number of ether oxygens (including phenoxy) is 1. The third-order valence-corrected chi connectivity index (χ3v) is 3.90. The van der Waals surface area contributed by atoms with E-state index < -0.39 is 0 Å². The van der Waals surface area contributed by atoms with Gasteiger partial charge < -0.3 is 15.8 Å². The third kappa shape index (κ3) is 3.24. The summed E-state index contributed by atoms with van der Waals surface area (Å²) in [5.74, 6) is 0.987. The van der Waals surface area contributed by atoms with Gasteiger partial charge in [0, 0.05) is 18.5 Å². The molecule has 1 heterocycles. The first-order valence-corrected chi connectivity index (χ1v) is 6.89. The van der Waals surface area contributed by atoms with Gasteiger partial charge in [-0.3, -0.25) is 0 Å². The van der Waals surface area contributed by atoms with Crippen LogP contribution in [0.15, 0.2) is 24.3 Å². The number of piperidine rings is 1. The smallest absolute Gasteiger partial charge is 0.122 e. The molecule has 0 saturated carbocycles. The largest absolute Gasteiger partial charge is 0.493 e. The number of rotatable bonds is 5. The molecule has 100 valence electrons. The summed E-state index contributed by atoms with van der Waals surface area (Å²) in [4.78, 5) is 0. The van der Waals surface area contributed by atoms with Crippen LogP contribution in [0.4, 0.5) is 0 Å². The molecule has 1 aromatic carbocycles. The van der Waals surface area contributed by atoms with Crippen LogP contribution in [0.1, 0.15) is 31.2 Å². The Morgan fingerprint density at radius 2 is 2.17 bits per heavy atom. The maximum atomic E-state index is 5.93. The summed E-state index contributed by atoms with van der Waals surface area (Å²) in [5, 5.41) is 3.58. The maximum absolute atomic E-state index is 5.93. The number of benzene rings is 1. The number of hydrogen-bond donors (Lipinski definition) is 2. The first-order valence-electron chi connectivity index (χ1n) is 6.89. The standard InChI is InChI=1S/C15H24N2O/c1-13-6-2-3-7-14(13)18-11-9-15(12-16)8-4-5-10-17-15/h2-3,6-7,17H,4-5,8-12,16H2,1H3. The molecule has 1 aliphatic heterocycles. The molecule has 0 aliphatic carbocycles. The molecule has 3 heteroatoms. The topological polar surface area (TPSA) is 47.3 Å². The van der Waals surface area contributed by atoms with Crippen molar-refractivity contribution in [1.29, 1.82) is 0 Å². The molecule has 0 spiro atoms. The predicted molar refractivity (Wildman–Crippen MR) is 74.9 cm³/mol. The van der Waals surface area contributed by atoms with Gasteiger partial charge in [-0.05, 0) is 37.9 Å². The molecule has 1 atom stereocenters. The zero-order valence-corrected chi connectivity index (χ0v) is 11.2. The van der Waals surface area contributed by atoms with Crippen molar-refractivity contribution in [1.82, 2.24) is 5.32 Å². The Morgan fingerprint density at radius 3 is 2.83 bits per heavy atom. The fourth-order valence-electron chi connectivity index (χ4n) is 2.59. The van der Waals surface area contributed by atoms with Crippen molar-refractivity contribution in [2.45, 2.75) is 38.1 Å². The Kier molecular flexibility index (Phi) is 4.61. The minimum Gasteiger partial charge on any atom is -0.493 e. The molecule has 0 radical (unpaired) electrons. The first-order chi connectivity index (χ1) is 8.76.